The smallest absolute Gasteiger partial charge is 0.311 e. The van der Waals surface area contributed by atoms with E-state index in [0.29, 0.717) is 12.7 Å². The number of nitro benzene ring substituents is 1. The summed E-state index contributed by atoms with van der Waals surface area (Å²) in [6, 6.07) is 22.9. The number of amides is 1. The maximum Gasteiger partial charge on any atom is 0.311 e. The SMILES string of the molecule is O=Cc1ccc(OCC(=O)N[C@H](Cc2ccccc2)c2ccccc2)c([N+](=O)[O-])c1. The van der Waals surface area contributed by atoms with Crippen LogP contribution in [0.25, 0.3) is 0 Å². The van der Waals surface area contributed by atoms with Crippen molar-refractivity contribution in [1.29, 1.82) is 0 Å². The van der Waals surface area contributed by atoms with Crippen LogP contribution in [0.3, 0.4) is 0 Å². The fourth-order valence-electron chi connectivity index (χ4n) is 3.04. The molecule has 0 saturated carbocycles. The Bertz CT molecular complexity index is 1020. The quantitative estimate of drug-likeness (QED) is 0.331. The van der Waals surface area contributed by atoms with Gasteiger partial charge in [0.2, 0.25) is 0 Å². The summed E-state index contributed by atoms with van der Waals surface area (Å²) in [7, 11) is 0. The summed E-state index contributed by atoms with van der Waals surface area (Å²) in [4.78, 5) is 33.9. The van der Waals surface area contributed by atoms with Crippen LogP contribution in [-0.4, -0.2) is 23.7 Å². The minimum absolute atomic E-state index is 0.0694. The predicted octanol–water partition coefficient (Wildman–Crippen LogP) is 3.89. The van der Waals surface area contributed by atoms with Gasteiger partial charge in [0.05, 0.1) is 11.0 Å². The van der Waals surface area contributed by atoms with Crippen LogP contribution in [0, 0.1) is 10.1 Å². The van der Waals surface area contributed by atoms with E-state index >= 15 is 0 Å². The van der Waals surface area contributed by atoms with E-state index in [1.165, 1.54) is 12.1 Å². The van der Waals surface area contributed by atoms with Crippen molar-refractivity contribution in [2.24, 2.45) is 0 Å². The van der Waals surface area contributed by atoms with E-state index in [2.05, 4.69) is 5.32 Å². The van der Waals surface area contributed by atoms with Gasteiger partial charge in [0.15, 0.2) is 12.4 Å². The molecule has 3 rings (SSSR count). The first-order chi connectivity index (χ1) is 14.6. The first-order valence-corrected chi connectivity index (χ1v) is 9.31. The van der Waals surface area contributed by atoms with Crippen LogP contribution in [0.2, 0.25) is 0 Å². The summed E-state index contributed by atoms with van der Waals surface area (Å²) in [5.41, 5.74) is 1.80. The second-order valence-electron chi connectivity index (χ2n) is 6.61. The molecule has 0 aliphatic rings. The molecule has 0 fully saturated rings. The van der Waals surface area contributed by atoms with Crippen molar-refractivity contribution in [3.63, 3.8) is 0 Å². The Morgan fingerprint density at radius 2 is 1.70 bits per heavy atom. The van der Waals surface area contributed by atoms with Crippen molar-refractivity contribution in [1.82, 2.24) is 5.32 Å². The summed E-state index contributed by atoms with van der Waals surface area (Å²) >= 11 is 0. The van der Waals surface area contributed by atoms with Gasteiger partial charge in [0.25, 0.3) is 5.91 Å². The molecule has 0 saturated heterocycles. The Morgan fingerprint density at radius 3 is 2.33 bits per heavy atom. The molecule has 0 aliphatic carbocycles. The van der Waals surface area contributed by atoms with Gasteiger partial charge in [0.1, 0.15) is 6.29 Å². The summed E-state index contributed by atoms with van der Waals surface area (Å²) < 4.78 is 5.38. The number of hydrogen-bond donors (Lipinski definition) is 1. The molecule has 7 heteroatoms. The standard InChI is InChI=1S/C23H20N2O5/c26-15-18-11-12-22(21(14-18)25(28)29)30-16-23(27)24-20(19-9-5-2-6-10-19)13-17-7-3-1-4-8-17/h1-12,14-15,20H,13,16H2,(H,24,27)/t20-/m1/s1. The third-order valence-corrected chi connectivity index (χ3v) is 4.49. The van der Waals surface area contributed by atoms with E-state index in [0.717, 1.165) is 17.2 Å². The third-order valence-electron chi connectivity index (χ3n) is 4.49. The molecule has 0 aliphatic heterocycles. The topological polar surface area (TPSA) is 98.5 Å². The van der Waals surface area contributed by atoms with Crippen molar-refractivity contribution in [3.05, 3.63) is 106 Å². The van der Waals surface area contributed by atoms with E-state index in [1.54, 1.807) is 0 Å². The Morgan fingerprint density at radius 1 is 1.03 bits per heavy atom. The summed E-state index contributed by atoms with van der Waals surface area (Å²) in [6.07, 6.45) is 1.10. The average Bonchev–Trinajstić information content (AvgIpc) is 2.78. The molecule has 1 amide bonds. The highest BCUT2D eigenvalue weighted by Crippen LogP contribution is 2.27. The molecule has 30 heavy (non-hydrogen) atoms. The number of nitrogens with zero attached hydrogens (tertiary/aromatic N) is 1. The zero-order chi connectivity index (χ0) is 21.3. The lowest BCUT2D eigenvalue weighted by atomic mass is 9.99. The molecule has 0 unspecified atom stereocenters. The summed E-state index contributed by atoms with van der Waals surface area (Å²) in [5.74, 6) is -0.478. The Kier molecular flexibility index (Phi) is 6.89. The van der Waals surface area contributed by atoms with Crippen molar-refractivity contribution in [2.45, 2.75) is 12.5 Å². The van der Waals surface area contributed by atoms with Crippen molar-refractivity contribution < 1.29 is 19.2 Å². The number of benzene rings is 3. The van der Waals surface area contributed by atoms with Gasteiger partial charge in [-0.15, -0.1) is 0 Å². The van der Waals surface area contributed by atoms with Crippen molar-refractivity contribution in [3.8, 4) is 5.75 Å². The second kappa shape index (κ2) is 9.97. The molecule has 1 atom stereocenters. The first-order valence-electron chi connectivity index (χ1n) is 9.31. The molecular weight excluding hydrogens is 384 g/mol. The Balaban J connectivity index is 1.71. The van der Waals surface area contributed by atoms with Crippen LogP contribution in [0.15, 0.2) is 78.9 Å². The third kappa shape index (κ3) is 5.51. The van der Waals surface area contributed by atoms with E-state index in [1.807, 2.05) is 60.7 Å². The molecule has 0 heterocycles. The van der Waals surface area contributed by atoms with Crippen molar-refractivity contribution >= 4 is 17.9 Å². The number of nitrogens with one attached hydrogen (secondary N) is 1. The van der Waals surface area contributed by atoms with Gasteiger partial charge in [-0.25, -0.2) is 0 Å². The van der Waals surface area contributed by atoms with Gasteiger partial charge >= 0.3 is 5.69 Å². The number of aldehydes is 1. The molecule has 0 radical (unpaired) electrons. The minimum atomic E-state index is -0.650. The van der Waals surface area contributed by atoms with E-state index in [4.69, 9.17) is 4.74 Å². The lowest BCUT2D eigenvalue weighted by Crippen LogP contribution is -2.33. The van der Waals surface area contributed by atoms with Gasteiger partial charge < -0.3 is 10.1 Å². The molecule has 3 aromatic rings. The van der Waals surface area contributed by atoms with Crippen LogP contribution in [-0.2, 0) is 11.2 Å². The van der Waals surface area contributed by atoms with Crippen LogP contribution in [0.5, 0.6) is 5.75 Å². The number of hydrogen-bond acceptors (Lipinski definition) is 5. The van der Waals surface area contributed by atoms with Crippen LogP contribution >= 0.6 is 0 Å². The van der Waals surface area contributed by atoms with Crippen LogP contribution in [0.4, 0.5) is 5.69 Å². The highest BCUT2D eigenvalue weighted by Gasteiger charge is 2.19. The zero-order valence-electron chi connectivity index (χ0n) is 16.1. The molecule has 152 valence electrons. The molecule has 0 bridgehead atoms. The van der Waals surface area contributed by atoms with E-state index in [9.17, 15) is 19.7 Å². The van der Waals surface area contributed by atoms with Gasteiger partial charge in [-0.1, -0.05) is 60.7 Å². The first kappa shape index (κ1) is 20.7. The lowest BCUT2D eigenvalue weighted by molar-refractivity contribution is -0.385. The number of carbonyl (C=O) groups excluding carboxylic acids is 2. The van der Waals surface area contributed by atoms with Crippen LogP contribution < -0.4 is 10.1 Å². The molecule has 0 aromatic heterocycles. The Hall–Kier alpha value is -4.00. The maximum absolute atomic E-state index is 12.5. The largest absolute Gasteiger partial charge is 0.477 e. The number of nitro groups is 1. The van der Waals surface area contributed by atoms with Crippen LogP contribution in [0.1, 0.15) is 27.5 Å². The molecule has 3 aromatic carbocycles. The van der Waals surface area contributed by atoms with Gasteiger partial charge in [-0.2, -0.15) is 0 Å². The van der Waals surface area contributed by atoms with Gasteiger partial charge in [0, 0.05) is 11.6 Å². The Labute approximate surface area is 173 Å². The number of rotatable bonds is 9. The van der Waals surface area contributed by atoms with Gasteiger partial charge in [-0.3, -0.25) is 19.7 Å². The van der Waals surface area contributed by atoms with E-state index in [-0.39, 0.29) is 29.6 Å². The zero-order valence-corrected chi connectivity index (χ0v) is 16.1. The molecular formula is C23H20N2O5. The molecule has 7 nitrogen and oxygen atoms in total. The fourth-order valence-corrected chi connectivity index (χ4v) is 3.04. The summed E-state index contributed by atoms with van der Waals surface area (Å²) in [6.45, 7) is -0.389. The highest BCUT2D eigenvalue weighted by atomic mass is 16.6. The second-order valence-corrected chi connectivity index (χ2v) is 6.61. The predicted molar refractivity (Wildman–Crippen MR) is 111 cm³/mol. The lowest BCUT2D eigenvalue weighted by Gasteiger charge is -2.19. The molecule has 1 N–H and O–H groups in total. The number of carbonyl (C=O) groups is 2. The van der Waals surface area contributed by atoms with E-state index < -0.39 is 10.8 Å². The number of ether oxygens (including phenoxy) is 1. The highest BCUT2D eigenvalue weighted by molar-refractivity contribution is 5.79. The van der Waals surface area contributed by atoms with Crippen molar-refractivity contribution in [2.75, 3.05) is 6.61 Å². The van der Waals surface area contributed by atoms with Gasteiger partial charge in [-0.05, 0) is 29.7 Å². The molecule has 0 spiro atoms. The minimum Gasteiger partial charge on any atom is -0.477 e. The summed E-state index contributed by atoms with van der Waals surface area (Å²) in [5, 5.41) is 14.1. The monoisotopic (exact) mass is 404 g/mol. The average molecular weight is 404 g/mol. The normalized spacial score (nSPS) is 11.3. The maximum atomic E-state index is 12.5. The fraction of sp³-hybridized carbons (Fsp3) is 0.130.